The Morgan fingerprint density at radius 2 is 0.500 bits per heavy atom. The highest BCUT2D eigenvalue weighted by Crippen LogP contribution is 2.45. The molecule has 0 aromatic heterocycles. The summed E-state index contributed by atoms with van der Waals surface area (Å²) in [5.74, 6) is -2.31. The van der Waals surface area contributed by atoms with E-state index in [2.05, 4.69) is 186 Å². The lowest BCUT2D eigenvalue weighted by atomic mass is 10.1. The monoisotopic (exact) mass is 1490 g/mol. The van der Waals surface area contributed by atoms with E-state index in [4.69, 9.17) is 37.0 Å². The molecule has 0 saturated heterocycles. The largest absolute Gasteiger partial charge is 0.472 e. The topological polar surface area (TPSA) is 237 Å². The Morgan fingerprint density at radius 1 is 0.279 bits per heavy atom. The number of phosphoric ester groups is 2. The van der Waals surface area contributed by atoms with Crippen LogP contribution >= 0.6 is 15.6 Å². The van der Waals surface area contributed by atoms with Crippen LogP contribution in [0.15, 0.2) is 158 Å². The highest BCUT2D eigenvalue weighted by Gasteiger charge is 2.30. The number of aliphatic hydroxyl groups is 1. The Bertz CT molecular complexity index is 2590. The van der Waals surface area contributed by atoms with Crippen LogP contribution in [0.4, 0.5) is 0 Å². The molecular formula is C85H140O17P2. The first-order chi connectivity index (χ1) is 50.7. The molecule has 104 heavy (non-hydrogen) atoms. The fourth-order valence-corrected chi connectivity index (χ4v) is 11.5. The Hall–Kier alpha value is -5.32. The molecule has 17 nitrogen and oxygen atoms in total. The number of phosphoric acid groups is 2. The van der Waals surface area contributed by atoms with Crippen LogP contribution in [0.1, 0.15) is 297 Å². The number of unbranched alkanes of at least 4 members (excludes halogenated alkanes) is 21. The maximum Gasteiger partial charge on any atom is 0.472 e. The SMILES string of the molecule is CC/C=C\C/C=C\C/C=C\C/C=C\CCCCC(=O)OCC(COP(=O)(O)OCC(O)COP(=O)(O)OCC(COC(=O)CCCCCCCC/C=C\C/C=C\C/C=C\CCCCC)OC(=O)CCCCCCC/C=C\C/C=C\CCCCC)OC(=O)CCCC/C=C\C/C=C\C/C=C\C/C=C\CC. The van der Waals surface area contributed by atoms with Crippen molar-refractivity contribution >= 4 is 39.5 Å². The van der Waals surface area contributed by atoms with Crippen molar-refractivity contribution < 1.29 is 80.2 Å². The van der Waals surface area contributed by atoms with Gasteiger partial charge in [-0.1, -0.05) is 256 Å². The van der Waals surface area contributed by atoms with Gasteiger partial charge in [-0.25, -0.2) is 9.13 Å². The van der Waals surface area contributed by atoms with Crippen molar-refractivity contribution in [3.63, 3.8) is 0 Å². The summed E-state index contributed by atoms with van der Waals surface area (Å²) in [5, 5.41) is 10.6. The van der Waals surface area contributed by atoms with Gasteiger partial charge in [0.2, 0.25) is 0 Å². The first-order valence-corrected chi connectivity index (χ1v) is 42.7. The van der Waals surface area contributed by atoms with Gasteiger partial charge in [0.15, 0.2) is 12.2 Å². The van der Waals surface area contributed by atoms with Gasteiger partial charge in [-0.15, -0.1) is 0 Å². The molecule has 0 bridgehead atoms. The van der Waals surface area contributed by atoms with Crippen LogP contribution in [0.25, 0.3) is 0 Å². The van der Waals surface area contributed by atoms with Crippen LogP contribution in [0.5, 0.6) is 0 Å². The highest BCUT2D eigenvalue weighted by molar-refractivity contribution is 7.47. The van der Waals surface area contributed by atoms with Gasteiger partial charge in [0.05, 0.1) is 26.4 Å². The maximum atomic E-state index is 13.1. The van der Waals surface area contributed by atoms with Crippen LogP contribution in [0.2, 0.25) is 0 Å². The van der Waals surface area contributed by atoms with Crippen LogP contribution in [-0.2, 0) is 65.4 Å². The smallest absolute Gasteiger partial charge is 0.462 e. The van der Waals surface area contributed by atoms with E-state index in [1.165, 1.54) is 38.5 Å². The summed E-state index contributed by atoms with van der Waals surface area (Å²) in [7, 11) is -10.0. The molecule has 5 unspecified atom stereocenters. The van der Waals surface area contributed by atoms with Crippen LogP contribution < -0.4 is 0 Å². The van der Waals surface area contributed by atoms with Crippen molar-refractivity contribution in [3.05, 3.63) is 158 Å². The molecule has 0 rings (SSSR count). The quantitative estimate of drug-likeness (QED) is 0.0169. The zero-order chi connectivity index (χ0) is 76.0. The summed E-state index contributed by atoms with van der Waals surface area (Å²) in [4.78, 5) is 73.0. The number of hydrogen-bond acceptors (Lipinski definition) is 15. The lowest BCUT2D eigenvalue weighted by Crippen LogP contribution is -2.30. The summed E-state index contributed by atoms with van der Waals surface area (Å²) < 4.78 is 68.5. The van der Waals surface area contributed by atoms with Crippen molar-refractivity contribution in [1.29, 1.82) is 0 Å². The Balaban J connectivity index is 5.46. The number of carbonyl (C=O) groups is 4. The molecule has 5 atom stereocenters. The van der Waals surface area contributed by atoms with Gasteiger partial charge in [-0.3, -0.25) is 37.3 Å². The Morgan fingerprint density at radius 3 is 0.788 bits per heavy atom. The van der Waals surface area contributed by atoms with E-state index in [0.717, 1.165) is 173 Å². The number of rotatable bonds is 73. The highest BCUT2D eigenvalue weighted by atomic mass is 31.2. The molecule has 0 spiro atoms. The second-order valence-corrected chi connectivity index (χ2v) is 28.8. The zero-order valence-electron chi connectivity index (χ0n) is 64.6. The van der Waals surface area contributed by atoms with E-state index in [-0.39, 0.29) is 25.7 Å². The third-order valence-electron chi connectivity index (χ3n) is 16.0. The van der Waals surface area contributed by atoms with Crippen molar-refractivity contribution in [3.8, 4) is 0 Å². The van der Waals surface area contributed by atoms with Gasteiger partial charge in [0.1, 0.15) is 19.3 Å². The van der Waals surface area contributed by atoms with Crippen molar-refractivity contribution in [2.75, 3.05) is 39.6 Å². The number of ether oxygens (including phenoxy) is 4. The second-order valence-electron chi connectivity index (χ2n) is 25.9. The van der Waals surface area contributed by atoms with E-state index >= 15 is 0 Å². The fraction of sp³-hybridized carbons (Fsp3) is 0.647. The minimum absolute atomic E-state index is 0.0278. The first-order valence-electron chi connectivity index (χ1n) is 39.7. The average molecular weight is 1500 g/mol. The zero-order valence-corrected chi connectivity index (χ0v) is 66.4. The number of carbonyl (C=O) groups excluding carboxylic acids is 4. The molecule has 592 valence electrons. The Labute approximate surface area is 629 Å². The molecule has 19 heteroatoms. The fourth-order valence-electron chi connectivity index (χ4n) is 9.94. The lowest BCUT2D eigenvalue weighted by molar-refractivity contribution is -0.161. The van der Waals surface area contributed by atoms with Gasteiger partial charge < -0.3 is 33.8 Å². The standard InChI is InChI=1S/C85H140O17P2/c1-5-9-13-17-21-25-29-33-37-38-39-40-44-46-50-54-58-62-66-70-83(88)96-76-81(102-85(90)72-68-64-60-56-52-48-43-36-32-28-24-20-16-12-8-4)78-100-104(93,94)98-74-79(86)73-97-103(91,92)99-77-80(101-84(89)71-67-63-59-55-51-47-42-35-31-27-23-19-15-11-7-3)75-95-82(87)69-65-61-57-53-49-45-41-34-30-26-22-18-14-10-6-2/h10-11,14-15,21-28,33-37,39-43,49,51,53,55,79-81,86H,5-9,12-13,16-20,29-32,38,44-48,50,52,54,56-78H2,1-4H3,(H,91,92)(H,93,94)/b14-10-,15-11-,25-21-,26-22-,27-23-,28-24-,37-33-,40-39-,41-34-,42-35-,43-36-,53-49-,55-51-. The second kappa shape index (κ2) is 75.9. The van der Waals surface area contributed by atoms with Gasteiger partial charge in [0, 0.05) is 25.7 Å². The van der Waals surface area contributed by atoms with Crippen molar-refractivity contribution in [2.45, 2.75) is 316 Å². The average Bonchev–Trinajstić information content (AvgIpc) is 0.912. The molecule has 0 amide bonds. The van der Waals surface area contributed by atoms with Gasteiger partial charge in [0.25, 0.3) is 0 Å². The molecule has 0 fully saturated rings. The number of aliphatic hydroxyl groups excluding tert-OH is 1. The number of allylic oxidation sites excluding steroid dienone is 26. The molecule has 0 aliphatic rings. The molecule has 0 aromatic rings. The molecule has 0 heterocycles. The van der Waals surface area contributed by atoms with Crippen LogP contribution in [0.3, 0.4) is 0 Å². The molecule has 0 aromatic carbocycles. The Kier molecular flexibility index (Phi) is 72.0. The summed E-state index contributed by atoms with van der Waals surface area (Å²) in [6, 6.07) is 0. The van der Waals surface area contributed by atoms with E-state index in [9.17, 15) is 43.2 Å². The summed E-state index contributed by atoms with van der Waals surface area (Å²) in [6.45, 7) is 4.45. The van der Waals surface area contributed by atoms with E-state index in [0.29, 0.717) is 32.1 Å². The van der Waals surface area contributed by atoms with Crippen LogP contribution in [0, 0.1) is 0 Å². The summed E-state index contributed by atoms with van der Waals surface area (Å²) in [6.07, 6.45) is 88.0. The predicted molar refractivity (Wildman–Crippen MR) is 427 cm³/mol. The predicted octanol–water partition coefficient (Wildman–Crippen LogP) is 23.2. The third kappa shape index (κ3) is 74.9. The minimum Gasteiger partial charge on any atom is -0.462 e. The summed E-state index contributed by atoms with van der Waals surface area (Å²) in [5.41, 5.74) is 0. The molecule has 0 radical (unpaired) electrons. The van der Waals surface area contributed by atoms with Gasteiger partial charge >= 0.3 is 39.5 Å². The van der Waals surface area contributed by atoms with Crippen molar-refractivity contribution in [1.82, 2.24) is 0 Å². The van der Waals surface area contributed by atoms with Crippen LogP contribution in [-0.4, -0.2) is 96.7 Å². The maximum absolute atomic E-state index is 13.1. The summed E-state index contributed by atoms with van der Waals surface area (Å²) >= 11 is 0. The lowest BCUT2D eigenvalue weighted by Gasteiger charge is -2.21. The van der Waals surface area contributed by atoms with E-state index in [1.807, 2.05) is 0 Å². The third-order valence-corrected chi connectivity index (χ3v) is 17.9. The molecule has 3 N–H and O–H groups in total. The van der Waals surface area contributed by atoms with Gasteiger partial charge in [-0.05, 0) is 173 Å². The molecule has 0 saturated carbocycles. The molecular weight excluding hydrogens is 1350 g/mol. The van der Waals surface area contributed by atoms with E-state index < -0.39 is 97.5 Å². The molecule has 0 aliphatic heterocycles. The normalized spacial score (nSPS) is 14.7. The minimum atomic E-state index is -5.00. The first kappa shape index (κ1) is 98.7. The molecule has 0 aliphatic carbocycles. The van der Waals surface area contributed by atoms with E-state index in [1.54, 1.807) is 0 Å². The van der Waals surface area contributed by atoms with Gasteiger partial charge in [-0.2, -0.15) is 0 Å². The van der Waals surface area contributed by atoms with Crippen molar-refractivity contribution in [2.24, 2.45) is 0 Å². The number of esters is 4. The number of hydrogen-bond donors (Lipinski definition) is 3.